The van der Waals surface area contributed by atoms with Crippen LogP contribution in [0.5, 0.6) is 5.75 Å². The van der Waals surface area contributed by atoms with Crippen molar-refractivity contribution in [2.75, 3.05) is 23.7 Å². The Balaban J connectivity index is 2.31. The minimum Gasteiger partial charge on any atom is -0.423 e. The first-order valence-electron chi connectivity index (χ1n) is 7.34. The normalized spacial score (nSPS) is 14.4. The van der Waals surface area contributed by atoms with Gasteiger partial charge in [0.05, 0.1) is 22.9 Å². The fourth-order valence-corrected chi connectivity index (χ4v) is 3.17. The lowest BCUT2D eigenvalue weighted by Crippen LogP contribution is -2.44. The van der Waals surface area contributed by atoms with E-state index in [1.165, 1.54) is 12.1 Å². The van der Waals surface area contributed by atoms with Gasteiger partial charge >= 0.3 is 5.97 Å². The average molecular weight is 340 g/mol. The van der Waals surface area contributed by atoms with Gasteiger partial charge in [-0.25, -0.2) is 13.2 Å². The van der Waals surface area contributed by atoms with Gasteiger partial charge in [0.15, 0.2) is 15.6 Å². The Bertz CT molecular complexity index is 727. The minimum absolute atomic E-state index is 0.000153. The average Bonchev–Trinajstić information content (AvgIpc) is 2.45. The topological polar surface area (TPSA) is 92.8 Å². The number of fused-ring (bicyclic) bond motifs is 1. The first kappa shape index (κ1) is 17.3. The first-order valence-corrected chi connectivity index (χ1v) is 9.00. The van der Waals surface area contributed by atoms with Gasteiger partial charge in [-0.3, -0.25) is 4.79 Å². The van der Waals surface area contributed by atoms with Crippen LogP contribution in [0.15, 0.2) is 23.1 Å². The van der Waals surface area contributed by atoms with Crippen molar-refractivity contribution in [2.45, 2.75) is 31.7 Å². The third-order valence-corrected chi connectivity index (χ3v) is 5.07. The number of nitrogens with zero attached hydrogens (tertiary/aromatic N) is 1. The Morgan fingerprint density at radius 3 is 2.70 bits per heavy atom. The standard InChI is InChI=1S/C15H20N2O5S/c1-4-23(20,21)11-5-6-12-13(7-11)22-15(19)9-17(12)8-14(18)16-10(2)3/h5-7,10H,4,8-9H2,1-3H3,(H,16,18). The van der Waals surface area contributed by atoms with Gasteiger partial charge in [-0.05, 0) is 26.0 Å². The number of esters is 1. The molecule has 0 bridgehead atoms. The maximum Gasteiger partial charge on any atom is 0.331 e. The van der Waals surface area contributed by atoms with E-state index in [0.29, 0.717) is 5.69 Å². The predicted octanol–water partition coefficient (Wildman–Crippen LogP) is 0.730. The minimum atomic E-state index is -3.39. The Morgan fingerprint density at radius 2 is 2.09 bits per heavy atom. The lowest BCUT2D eigenvalue weighted by Gasteiger charge is -2.29. The van der Waals surface area contributed by atoms with Gasteiger partial charge in [0, 0.05) is 12.1 Å². The molecule has 0 saturated heterocycles. The maximum absolute atomic E-state index is 11.9. The number of amides is 1. The SMILES string of the molecule is CCS(=O)(=O)c1ccc2c(c1)OC(=O)CN2CC(=O)NC(C)C. The van der Waals surface area contributed by atoms with Gasteiger partial charge in [0.1, 0.15) is 6.54 Å². The molecular weight excluding hydrogens is 320 g/mol. The molecule has 23 heavy (non-hydrogen) atoms. The van der Waals surface area contributed by atoms with Crippen molar-refractivity contribution in [3.63, 3.8) is 0 Å². The van der Waals surface area contributed by atoms with Crippen LogP contribution >= 0.6 is 0 Å². The molecule has 1 aromatic rings. The summed E-state index contributed by atoms with van der Waals surface area (Å²) in [6.45, 7) is 5.18. The van der Waals surface area contributed by atoms with Crippen LogP contribution in [0.4, 0.5) is 5.69 Å². The number of carbonyl (C=O) groups excluding carboxylic acids is 2. The third kappa shape index (κ3) is 4.01. The predicted molar refractivity (Wildman–Crippen MR) is 85.3 cm³/mol. The second-order valence-electron chi connectivity index (χ2n) is 5.59. The Labute approximate surface area is 135 Å². The zero-order valence-corrected chi connectivity index (χ0v) is 14.1. The van der Waals surface area contributed by atoms with E-state index in [4.69, 9.17) is 4.74 Å². The van der Waals surface area contributed by atoms with Gasteiger partial charge in [0.2, 0.25) is 5.91 Å². The van der Waals surface area contributed by atoms with Crippen LogP contribution in [0.2, 0.25) is 0 Å². The summed E-state index contributed by atoms with van der Waals surface area (Å²) in [4.78, 5) is 25.3. The highest BCUT2D eigenvalue weighted by Crippen LogP contribution is 2.34. The Kier molecular flexibility index (Phi) is 4.93. The molecule has 0 fully saturated rings. The van der Waals surface area contributed by atoms with E-state index in [1.54, 1.807) is 17.9 Å². The molecule has 0 unspecified atom stereocenters. The van der Waals surface area contributed by atoms with Crippen molar-refractivity contribution in [2.24, 2.45) is 0 Å². The number of sulfone groups is 1. The molecule has 1 aromatic carbocycles. The molecule has 0 radical (unpaired) electrons. The van der Waals surface area contributed by atoms with Crippen LogP contribution < -0.4 is 15.0 Å². The van der Waals surface area contributed by atoms with E-state index in [1.807, 2.05) is 13.8 Å². The van der Waals surface area contributed by atoms with Crippen molar-refractivity contribution < 1.29 is 22.7 Å². The molecule has 126 valence electrons. The quantitative estimate of drug-likeness (QED) is 0.627. The Morgan fingerprint density at radius 1 is 1.39 bits per heavy atom. The highest BCUT2D eigenvalue weighted by atomic mass is 32.2. The number of hydrogen-bond acceptors (Lipinski definition) is 6. The van der Waals surface area contributed by atoms with Crippen molar-refractivity contribution in [1.82, 2.24) is 5.32 Å². The maximum atomic E-state index is 11.9. The number of nitrogens with one attached hydrogen (secondary N) is 1. The molecule has 0 spiro atoms. The molecule has 0 aromatic heterocycles. The van der Waals surface area contributed by atoms with Crippen LogP contribution in [0, 0.1) is 0 Å². The summed E-state index contributed by atoms with van der Waals surface area (Å²) in [6, 6.07) is 4.35. The van der Waals surface area contributed by atoms with Crippen LogP contribution in [-0.4, -0.2) is 45.2 Å². The summed E-state index contributed by atoms with van der Waals surface area (Å²) >= 11 is 0. The summed E-state index contributed by atoms with van der Waals surface area (Å²) < 4.78 is 29.0. The summed E-state index contributed by atoms with van der Waals surface area (Å²) in [6.07, 6.45) is 0. The zero-order valence-electron chi connectivity index (χ0n) is 13.3. The van der Waals surface area contributed by atoms with Crippen molar-refractivity contribution >= 4 is 27.4 Å². The van der Waals surface area contributed by atoms with Crippen LogP contribution in [0.25, 0.3) is 0 Å². The molecule has 1 heterocycles. The van der Waals surface area contributed by atoms with Crippen molar-refractivity contribution in [3.8, 4) is 5.75 Å². The molecule has 0 atom stereocenters. The second kappa shape index (κ2) is 6.57. The monoisotopic (exact) mass is 340 g/mol. The van der Waals surface area contributed by atoms with E-state index in [2.05, 4.69) is 5.32 Å². The van der Waals surface area contributed by atoms with Crippen molar-refractivity contribution in [1.29, 1.82) is 0 Å². The molecule has 2 rings (SSSR count). The van der Waals surface area contributed by atoms with Gasteiger partial charge in [0.25, 0.3) is 0 Å². The molecule has 1 N–H and O–H groups in total. The van der Waals surface area contributed by atoms with Crippen LogP contribution in [0.1, 0.15) is 20.8 Å². The van der Waals surface area contributed by atoms with Gasteiger partial charge in [-0.15, -0.1) is 0 Å². The van der Waals surface area contributed by atoms with Gasteiger partial charge < -0.3 is 15.0 Å². The van der Waals surface area contributed by atoms with Crippen molar-refractivity contribution in [3.05, 3.63) is 18.2 Å². The van der Waals surface area contributed by atoms with E-state index < -0.39 is 15.8 Å². The molecule has 0 aliphatic carbocycles. The number of rotatable bonds is 5. The molecule has 1 aliphatic rings. The summed E-state index contributed by atoms with van der Waals surface area (Å²) in [5, 5.41) is 2.75. The number of hydrogen-bond donors (Lipinski definition) is 1. The third-order valence-electron chi connectivity index (χ3n) is 3.34. The molecule has 0 saturated carbocycles. The zero-order chi connectivity index (χ0) is 17.2. The van der Waals surface area contributed by atoms with Gasteiger partial charge in [-0.2, -0.15) is 0 Å². The van der Waals surface area contributed by atoms with E-state index in [-0.39, 0.29) is 41.4 Å². The lowest BCUT2D eigenvalue weighted by molar-refractivity contribution is -0.133. The largest absolute Gasteiger partial charge is 0.423 e. The number of ether oxygens (including phenoxy) is 1. The summed E-state index contributed by atoms with van der Waals surface area (Å²) in [7, 11) is -3.39. The smallest absolute Gasteiger partial charge is 0.331 e. The summed E-state index contributed by atoms with van der Waals surface area (Å²) in [5.41, 5.74) is 0.526. The summed E-state index contributed by atoms with van der Waals surface area (Å²) in [5.74, 6) is -0.625. The molecule has 1 aliphatic heterocycles. The number of benzene rings is 1. The number of carbonyl (C=O) groups is 2. The lowest BCUT2D eigenvalue weighted by atomic mass is 10.2. The van der Waals surface area contributed by atoms with E-state index >= 15 is 0 Å². The fourth-order valence-electron chi connectivity index (χ4n) is 2.28. The van der Waals surface area contributed by atoms with E-state index in [9.17, 15) is 18.0 Å². The first-order chi connectivity index (χ1) is 10.7. The molecule has 7 nitrogen and oxygen atoms in total. The van der Waals surface area contributed by atoms with E-state index in [0.717, 1.165) is 0 Å². The molecular formula is C15H20N2O5S. The number of anilines is 1. The fraction of sp³-hybridized carbons (Fsp3) is 0.467. The van der Waals surface area contributed by atoms with Crippen LogP contribution in [-0.2, 0) is 19.4 Å². The molecule has 8 heteroatoms. The second-order valence-corrected chi connectivity index (χ2v) is 7.86. The molecule has 1 amide bonds. The van der Waals surface area contributed by atoms with Gasteiger partial charge in [-0.1, -0.05) is 6.92 Å². The Hall–Kier alpha value is -2.09. The van der Waals surface area contributed by atoms with Crippen LogP contribution in [0.3, 0.4) is 0 Å². The highest BCUT2D eigenvalue weighted by molar-refractivity contribution is 7.91. The highest BCUT2D eigenvalue weighted by Gasteiger charge is 2.27.